The van der Waals surface area contributed by atoms with Gasteiger partial charge < -0.3 is 5.11 Å². The highest BCUT2D eigenvalue weighted by atomic mass is 32.2. The molecule has 2 unspecified atom stereocenters. The molecule has 9 heteroatoms. The largest absolute Gasteiger partial charge is 0.481 e. The van der Waals surface area contributed by atoms with Crippen LogP contribution in [0.4, 0.5) is 0 Å². The van der Waals surface area contributed by atoms with Crippen LogP contribution < -0.4 is 0 Å². The third kappa shape index (κ3) is 2.77. The Morgan fingerprint density at radius 1 is 1.37 bits per heavy atom. The first-order valence-electron chi connectivity index (χ1n) is 6.05. The number of nitrogens with zero attached hydrogens (tertiary/aromatic N) is 1. The van der Waals surface area contributed by atoms with Crippen LogP contribution in [-0.2, 0) is 24.7 Å². The first kappa shape index (κ1) is 14.7. The predicted molar refractivity (Wildman–Crippen MR) is 67.8 cm³/mol. The average Bonchev–Trinajstić information content (AvgIpc) is 2.56. The second-order valence-electron chi connectivity index (χ2n) is 5.27. The Hall–Kier alpha value is -0.670. The zero-order valence-electron chi connectivity index (χ0n) is 10.5. The van der Waals surface area contributed by atoms with Gasteiger partial charge in [0, 0.05) is 13.1 Å². The van der Waals surface area contributed by atoms with E-state index in [2.05, 4.69) is 0 Å². The van der Waals surface area contributed by atoms with Crippen molar-refractivity contribution in [2.75, 3.05) is 24.6 Å². The molecule has 0 radical (unpaired) electrons. The van der Waals surface area contributed by atoms with E-state index in [0.717, 1.165) is 0 Å². The summed E-state index contributed by atoms with van der Waals surface area (Å²) in [4.78, 5) is 10.8. The molecule has 0 aromatic carbocycles. The van der Waals surface area contributed by atoms with Gasteiger partial charge >= 0.3 is 5.97 Å². The van der Waals surface area contributed by atoms with E-state index >= 15 is 0 Å². The molecule has 2 saturated heterocycles. The molecule has 0 aromatic rings. The molecule has 110 valence electrons. The van der Waals surface area contributed by atoms with Crippen LogP contribution >= 0.6 is 0 Å². The van der Waals surface area contributed by atoms with E-state index in [1.807, 2.05) is 0 Å². The second-order valence-corrected chi connectivity index (χ2v) is 9.72. The van der Waals surface area contributed by atoms with Gasteiger partial charge in [-0.15, -0.1) is 0 Å². The summed E-state index contributed by atoms with van der Waals surface area (Å²) in [6.07, 6.45) is 0.139. The number of sulfone groups is 1. The van der Waals surface area contributed by atoms with Crippen LogP contribution in [0.2, 0.25) is 0 Å². The van der Waals surface area contributed by atoms with E-state index in [0.29, 0.717) is 0 Å². The highest BCUT2D eigenvalue weighted by molar-refractivity contribution is 7.95. The van der Waals surface area contributed by atoms with Crippen molar-refractivity contribution in [1.82, 2.24) is 4.31 Å². The van der Waals surface area contributed by atoms with Gasteiger partial charge in [0.2, 0.25) is 10.0 Å². The lowest BCUT2D eigenvalue weighted by Crippen LogP contribution is -2.55. The summed E-state index contributed by atoms with van der Waals surface area (Å²) in [6.45, 7) is 1.90. The number of carboxylic acids is 1. The monoisotopic (exact) mass is 311 g/mol. The van der Waals surface area contributed by atoms with Crippen LogP contribution in [0.5, 0.6) is 0 Å². The molecule has 7 nitrogen and oxygen atoms in total. The van der Waals surface area contributed by atoms with E-state index in [-0.39, 0.29) is 36.9 Å². The SMILES string of the molecule is CC(C(=O)O)C1CN(S(=O)(=O)C2CCS(=O)(=O)C2)C1. The second kappa shape index (κ2) is 4.71. The molecule has 2 atom stereocenters. The number of rotatable bonds is 4. The van der Waals surface area contributed by atoms with Crippen LogP contribution in [0.1, 0.15) is 13.3 Å². The number of sulfonamides is 1. The normalized spacial score (nSPS) is 29.8. The summed E-state index contributed by atoms with van der Waals surface area (Å²) in [5.41, 5.74) is 0. The fraction of sp³-hybridized carbons (Fsp3) is 0.900. The lowest BCUT2D eigenvalue weighted by atomic mass is 9.89. The molecule has 0 saturated carbocycles. The maximum atomic E-state index is 12.2. The Morgan fingerprint density at radius 3 is 2.37 bits per heavy atom. The van der Waals surface area contributed by atoms with Crippen molar-refractivity contribution in [1.29, 1.82) is 0 Å². The molecule has 1 N–H and O–H groups in total. The van der Waals surface area contributed by atoms with Gasteiger partial charge in [0.15, 0.2) is 9.84 Å². The molecule has 2 rings (SSSR count). The lowest BCUT2D eigenvalue weighted by molar-refractivity contribution is -0.144. The van der Waals surface area contributed by atoms with Gasteiger partial charge in [0.25, 0.3) is 0 Å². The molecular weight excluding hydrogens is 294 g/mol. The summed E-state index contributed by atoms with van der Waals surface area (Å²) >= 11 is 0. The Balaban J connectivity index is 1.99. The molecule has 0 aromatic heterocycles. The van der Waals surface area contributed by atoms with E-state index in [1.54, 1.807) is 6.92 Å². The lowest BCUT2D eigenvalue weighted by Gasteiger charge is -2.41. The summed E-state index contributed by atoms with van der Waals surface area (Å²) in [5, 5.41) is 7.98. The van der Waals surface area contributed by atoms with Gasteiger partial charge in [-0.1, -0.05) is 6.92 Å². The van der Waals surface area contributed by atoms with E-state index in [1.165, 1.54) is 4.31 Å². The van der Waals surface area contributed by atoms with Gasteiger partial charge in [-0.05, 0) is 12.3 Å². The highest BCUT2D eigenvalue weighted by Crippen LogP contribution is 2.31. The molecule has 0 amide bonds. The van der Waals surface area contributed by atoms with Gasteiger partial charge in [-0.2, -0.15) is 0 Å². The minimum absolute atomic E-state index is 0.0836. The molecule has 2 aliphatic heterocycles. The first-order chi connectivity index (χ1) is 8.63. The van der Waals surface area contributed by atoms with Gasteiger partial charge in [-0.25, -0.2) is 21.1 Å². The zero-order valence-corrected chi connectivity index (χ0v) is 12.2. The van der Waals surface area contributed by atoms with E-state index in [4.69, 9.17) is 5.11 Å². The molecule has 0 aliphatic carbocycles. The Kier molecular flexibility index (Phi) is 3.65. The fourth-order valence-corrected chi connectivity index (χ4v) is 7.04. The zero-order chi connectivity index (χ0) is 14.4. The van der Waals surface area contributed by atoms with Crippen molar-refractivity contribution >= 4 is 25.8 Å². The minimum Gasteiger partial charge on any atom is -0.481 e. The number of carboxylic acid groups (broad SMARTS) is 1. The number of aliphatic carboxylic acids is 1. The van der Waals surface area contributed by atoms with E-state index < -0.39 is 37.0 Å². The van der Waals surface area contributed by atoms with Gasteiger partial charge in [-0.3, -0.25) is 4.79 Å². The van der Waals surface area contributed by atoms with Crippen molar-refractivity contribution in [3.63, 3.8) is 0 Å². The average molecular weight is 311 g/mol. The summed E-state index contributed by atoms with van der Waals surface area (Å²) in [5.74, 6) is -2.11. The summed E-state index contributed by atoms with van der Waals surface area (Å²) in [7, 11) is -6.84. The topological polar surface area (TPSA) is 109 Å². The molecule has 19 heavy (non-hydrogen) atoms. The quantitative estimate of drug-likeness (QED) is 0.725. The first-order valence-corrected chi connectivity index (χ1v) is 9.38. The Labute approximate surface area is 112 Å². The Bertz CT molecular complexity index is 575. The van der Waals surface area contributed by atoms with Crippen LogP contribution in [-0.4, -0.2) is 62.1 Å². The molecule has 0 bridgehead atoms. The van der Waals surface area contributed by atoms with Crippen LogP contribution in [0.15, 0.2) is 0 Å². The van der Waals surface area contributed by atoms with Crippen LogP contribution in [0, 0.1) is 11.8 Å². The Morgan fingerprint density at radius 2 is 1.95 bits per heavy atom. The number of carbonyl (C=O) groups is 1. The third-order valence-electron chi connectivity index (χ3n) is 3.94. The molecule has 2 fully saturated rings. The molecule has 2 heterocycles. The number of hydrogen-bond acceptors (Lipinski definition) is 5. The van der Waals surface area contributed by atoms with Gasteiger partial charge in [0.1, 0.15) is 0 Å². The minimum atomic E-state index is -3.60. The van der Waals surface area contributed by atoms with Crippen molar-refractivity contribution in [3.8, 4) is 0 Å². The van der Waals surface area contributed by atoms with E-state index in [9.17, 15) is 21.6 Å². The predicted octanol–water partition coefficient (Wildman–Crippen LogP) is -0.844. The number of hydrogen-bond donors (Lipinski definition) is 1. The van der Waals surface area contributed by atoms with Crippen LogP contribution in [0.25, 0.3) is 0 Å². The van der Waals surface area contributed by atoms with Crippen molar-refractivity contribution in [3.05, 3.63) is 0 Å². The fourth-order valence-electron chi connectivity index (χ4n) is 2.40. The molecule has 2 aliphatic rings. The maximum absolute atomic E-state index is 12.2. The summed E-state index contributed by atoms with van der Waals surface area (Å²) in [6, 6.07) is 0. The molecular formula is C10H17NO6S2. The highest BCUT2D eigenvalue weighted by Gasteiger charge is 2.46. The van der Waals surface area contributed by atoms with Crippen molar-refractivity contribution in [2.45, 2.75) is 18.6 Å². The summed E-state index contributed by atoms with van der Waals surface area (Å²) < 4.78 is 48.2. The third-order valence-corrected chi connectivity index (χ3v) is 8.19. The smallest absolute Gasteiger partial charge is 0.306 e. The molecule has 0 spiro atoms. The standard InChI is InChI=1S/C10H17NO6S2/c1-7(10(12)13)8-4-11(5-8)19(16,17)9-2-3-18(14,15)6-9/h7-9H,2-6H2,1H3,(H,12,13). The van der Waals surface area contributed by atoms with Crippen molar-refractivity contribution in [2.24, 2.45) is 11.8 Å². The van der Waals surface area contributed by atoms with Crippen LogP contribution in [0.3, 0.4) is 0 Å². The van der Waals surface area contributed by atoms with Crippen molar-refractivity contribution < 1.29 is 26.7 Å². The maximum Gasteiger partial charge on any atom is 0.306 e. The van der Waals surface area contributed by atoms with Gasteiger partial charge in [0.05, 0.1) is 22.7 Å².